The molecular formula is C11H11NOS2. The highest BCUT2D eigenvalue weighted by Crippen LogP contribution is 2.25. The number of aromatic nitrogens is 1. The molecule has 0 aliphatic carbocycles. The Balaban J connectivity index is 2.22. The summed E-state index contributed by atoms with van der Waals surface area (Å²) in [4.78, 5) is 5.30. The highest BCUT2D eigenvalue weighted by atomic mass is 32.2. The minimum Gasteiger partial charge on any atom is -0.381 e. The van der Waals surface area contributed by atoms with E-state index in [9.17, 15) is 5.11 Å². The molecular weight excluding hydrogens is 226 g/mol. The summed E-state index contributed by atoms with van der Waals surface area (Å²) < 4.78 is 0. The average molecular weight is 237 g/mol. The fourth-order valence-electron chi connectivity index (χ4n) is 1.30. The molecule has 0 unspecified atom stereocenters. The molecule has 0 radical (unpaired) electrons. The van der Waals surface area contributed by atoms with Crippen LogP contribution in [0.3, 0.4) is 0 Å². The molecule has 15 heavy (non-hydrogen) atoms. The average Bonchev–Trinajstić information content (AvgIpc) is 2.82. The van der Waals surface area contributed by atoms with E-state index in [2.05, 4.69) is 4.98 Å². The van der Waals surface area contributed by atoms with Gasteiger partial charge in [-0.25, -0.2) is 4.98 Å². The SMILES string of the molecule is CSc1ccc([C@H](O)c2nccs2)cc1. The number of aliphatic hydroxyl groups excluding tert-OH is 1. The molecule has 0 saturated carbocycles. The minimum atomic E-state index is -0.596. The van der Waals surface area contributed by atoms with Crippen molar-refractivity contribution in [2.24, 2.45) is 0 Å². The van der Waals surface area contributed by atoms with E-state index in [1.165, 1.54) is 16.2 Å². The summed E-state index contributed by atoms with van der Waals surface area (Å²) in [5, 5.41) is 12.6. The second-order valence-corrected chi connectivity index (χ2v) is 4.85. The summed E-state index contributed by atoms with van der Waals surface area (Å²) in [5.41, 5.74) is 0.891. The van der Waals surface area contributed by atoms with Crippen molar-refractivity contribution in [1.82, 2.24) is 4.98 Å². The Morgan fingerprint density at radius 2 is 2.07 bits per heavy atom. The number of thiazole rings is 1. The predicted molar refractivity (Wildman–Crippen MR) is 64.4 cm³/mol. The number of hydrogen-bond acceptors (Lipinski definition) is 4. The maximum atomic E-state index is 9.99. The van der Waals surface area contributed by atoms with Crippen molar-refractivity contribution in [3.8, 4) is 0 Å². The van der Waals surface area contributed by atoms with Gasteiger partial charge in [-0.2, -0.15) is 0 Å². The van der Waals surface area contributed by atoms with Gasteiger partial charge in [0.1, 0.15) is 11.1 Å². The topological polar surface area (TPSA) is 33.1 Å². The molecule has 0 spiro atoms. The first kappa shape index (κ1) is 10.7. The van der Waals surface area contributed by atoms with Gasteiger partial charge in [-0.05, 0) is 24.0 Å². The molecule has 1 atom stereocenters. The summed E-state index contributed by atoms with van der Waals surface area (Å²) in [6.07, 6.45) is 3.15. The zero-order valence-corrected chi connectivity index (χ0v) is 9.89. The van der Waals surface area contributed by atoms with Crippen LogP contribution in [-0.4, -0.2) is 16.3 Å². The van der Waals surface area contributed by atoms with Crippen molar-refractivity contribution in [3.63, 3.8) is 0 Å². The first-order valence-electron chi connectivity index (χ1n) is 4.52. The Morgan fingerprint density at radius 3 is 2.60 bits per heavy atom. The van der Waals surface area contributed by atoms with E-state index in [1.54, 1.807) is 18.0 Å². The van der Waals surface area contributed by atoms with E-state index >= 15 is 0 Å². The molecule has 78 valence electrons. The highest BCUT2D eigenvalue weighted by Gasteiger charge is 2.12. The smallest absolute Gasteiger partial charge is 0.131 e. The Labute approximate surface area is 97.0 Å². The van der Waals surface area contributed by atoms with Gasteiger partial charge in [0.25, 0.3) is 0 Å². The third-order valence-electron chi connectivity index (χ3n) is 2.12. The molecule has 1 N–H and O–H groups in total. The maximum absolute atomic E-state index is 9.99. The van der Waals surface area contributed by atoms with Gasteiger partial charge < -0.3 is 5.11 Å². The molecule has 0 bridgehead atoms. The number of rotatable bonds is 3. The molecule has 4 heteroatoms. The molecule has 2 nitrogen and oxygen atoms in total. The zero-order valence-electron chi connectivity index (χ0n) is 8.25. The highest BCUT2D eigenvalue weighted by molar-refractivity contribution is 7.98. The van der Waals surface area contributed by atoms with E-state index in [1.807, 2.05) is 35.9 Å². The third-order valence-corrected chi connectivity index (χ3v) is 3.69. The summed E-state index contributed by atoms with van der Waals surface area (Å²) in [6, 6.07) is 7.91. The molecule has 0 fully saturated rings. The lowest BCUT2D eigenvalue weighted by Crippen LogP contribution is -1.98. The van der Waals surface area contributed by atoms with Gasteiger partial charge >= 0.3 is 0 Å². The Hall–Kier alpha value is -0.840. The third kappa shape index (κ3) is 2.40. The van der Waals surface area contributed by atoms with Crippen molar-refractivity contribution in [3.05, 3.63) is 46.4 Å². The van der Waals surface area contributed by atoms with E-state index in [0.717, 1.165) is 10.6 Å². The van der Waals surface area contributed by atoms with Crippen LogP contribution >= 0.6 is 23.1 Å². The number of benzene rings is 1. The van der Waals surface area contributed by atoms with E-state index < -0.39 is 6.10 Å². The van der Waals surface area contributed by atoms with Gasteiger partial charge in [0, 0.05) is 16.5 Å². The molecule has 0 aliphatic heterocycles. The monoisotopic (exact) mass is 237 g/mol. The second-order valence-electron chi connectivity index (χ2n) is 3.05. The van der Waals surface area contributed by atoms with Crippen molar-refractivity contribution in [2.45, 2.75) is 11.0 Å². The van der Waals surface area contributed by atoms with Crippen LogP contribution in [0.2, 0.25) is 0 Å². The van der Waals surface area contributed by atoms with Crippen LogP contribution < -0.4 is 0 Å². The molecule has 0 amide bonds. The minimum absolute atomic E-state index is 0.596. The number of thioether (sulfide) groups is 1. The fourth-order valence-corrected chi connectivity index (χ4v) is 2.35. The number of aliphatic hydroxyl groups is 1. The van der Waals surface area contributed by atoms with Crippen LogP contribution in [0.1, 0.15) is 16.7 Å². The molecule has 1 aromatic heterocycles. The van der Waals surface area contributed by atoms with E-state index in [4.69, 9.17) is 0 Å². The Kier molecular flexibility index (Phi) is 3.41. The van der Waals surface area contributed by atoms with Crippen molar-refractivity contribution in [2.75, 3.05) is 6.26 Å². The van der Waals surface area contributed by atoms with Gasteiger partial charge in [0.2, 0.25) is 0 Å². The standard InChI is InChI=1S/C11H11NOS2/c1-14-9-4-2-8(3-5-9)10(13)11-12-6-7-15-11/h2-7,10,13H,1H3/t10-/m0/s1. The van der Waals surface area contributed by atoms with Crippen LogP contribution in [0.5, 0.6) is 0 Å². The molecule has 0 aliphatic rings. The molecule has 1 aromatic carbocycles. The van der Waals surface area contributed by atoms with Crippen LogP contribution in [0.15, 0.2) is 40.7 Å². The lowest BCUT2D eigenvalue weighted by Gasteiger charge is -2.07. The quantitative estimate of drug-likeness (QED) is 0.833. The van der Waals surface area contributed by atoms with Crippen molar-refractivity contribution < 1.29 is 5.11 Å². The first-order valence-corrected chi connectivity index (χ1v) is 6.63. The van der Waals surface area contributed by atoms with Crippen LogP contribution in [-0.2, 0) is 0 Å². The Morgan fingerprint density at radius 1 is 1.33 bits per heavy atom. The van der Waals surface area contributed by atoms with Gasteiger partial charge in [-0.15, -0.1) is 23.1 Å². The largest absolute Gasteiger partial charge is 0.381 e. The number of nitrogens with zero attached hydrogens (tertiary/aromatic N) is 1. The normalized spacial score (nSPS) is 12.7. The first-order chi connectivity index (χ1) is 7.31. The summed E-state index contributed by atoms with van der Waals surface area (Å²) >= 11 is 3.16. The van der Waals surface area contributed by atoms with E-state index in [-0.39, 0.29) is 0 Å². The summed E-state index contributed by atoms with van der Waals surface area (Å²) in [5.74, 6) is 0. The lowest BCUT2D eigenvalue weighted by atomic mass is 10.1. The molecule has 2 aromatic rings. The van der Waals surface area contributed by atoms with Gasteiger partial charge in [0.15, 0.2) is 0 Å². The Bertz CT molecular complexity index is 411. The number of hydrogen-bond donors (Lipinski definition) is 1. The van der Waals surface area contributed by atoms with Gasteiger partial charge in [-0.3, -0.25) is 0 Å². The molecule has 1 heterocycles. The van der Waals surface area contributed by atoms with Gasteiger partial charge in [-0.1, -0.05) is 12.1 Å². The van der Waals surface area contributed by atoms with E-state index in [0.29, 0.717) is 0 Å². The van der Waals surface area contributed by atoms with Crippen molar-refractivity contribution >= 4 is 23.1 Å². The van der Waals surface area contributed by atoms with Crippen LogP contribution in [0.25, 0.3) is 0 Å². The van der Waals surface area contributed by atoms with Crippen LogP contribution in [0.4, 0.5) is 0 Å². The van der Waals surface area contributed by atoms with Crippen molar-refractivity contribution in [1.29, 1.82) is 0 Å². The summed E-state index contributed by atoms with van der Waals surface area (Å²) in [6.45, 7) is 0. The molecule has 0 saturated heterocycles. The van der Waals surface area contributed by atoms with Crippen LogP contribution in [0, 0.1) is 0 Å². The predicted octanol–water partition coefficient (Wildman–Crippen LogP) is 2.95. The zero-order chi connectivity index (χ0) is 10.7. The lowest BCUT2D eigenvalue weighted by molar-refractivity contribution is 0.219. The maximum Gasteiger partial charge on any atom is 0.131 e. The second kappa shape index (κ2) is 4.79. The molecule has 2 rings (SSSR count). The fraction of sp³-hybridized carbons (Fsp3) is 0.182. The summed E-state index contributed by atoms with van der Waals surface area (Å²) in [7, 11) is 0. The van der Waals surface area contributed by atoms with Gasteiger partial charge in [0.05, 0.1) is 0 Å².